The van der Waals surface area contributed by atoms with Crippen LogP contribution < -0.4 is 0 Å². The predicted molar refractivity (Wildman–Crippen MR) is 66.9 cm³/mol. The summed E-state index contributed by atoms with van der Waals surface area (Å²) < 4.78 is 11.6. The molecule has 0 aromatic rings. The maximum atomic E-state index is 9.40. The van der Waals surface area contributed by atoms with Crippen molar-refractivity contribution in [3.05, 3.63) is 0 Å². The lowest BCUT2D eigenvalue weighted by Gasteiger charge is -2.26. The molecule has 2 aliphatic heterocycles. The Bertz CT molecular complexity index is 220. The van der Waals surface area contributed by atoms with Crippen molar-refractivity contribution in [2.75, 3.05) is 19.8 Å². The van der Waals surface area contributed by atoms with Gasteiger partial charge in [-0.25, -0.2) is 0 Å². The van der Waals surface area contributed by atoms with Crippen LogP contribution in [-0.2, 0) is 9.47 Å². The molecule has 0 aromatic heterocycles. The van der Waals surface area contributed by atoms with Gasteiger partial charge in [-0.2, -0.15) is 0 Å². The van der Waals surface area contributed by atoms with Crippen LogP contribution in [0.25, 0.3) is 0 Å². The van der Waals surface area contributed by atoms with Crippen LogP contribution >= 0.6 is 0 Å². The van der Waals surface area contributed by atoms with Crippen molar-refractivity contribution in [1.82, 2.24) is 0 Å². The molecule has 17 heavy (non-hydrogen) atoms. The van der Waals surface area contributed by atoms with Gasteiger partial charge in [0, 0.05) is 25.0 Å². The zero-order valence-electron chi connectivity index (χ0n) is 10.9. The summed E-state index contributed by atoms with van der Waals surface area (Å²) in [6.07, 6.45) is 7.96. The lowest BCUT2D eigenvalue weighted by atomic mass is 9.80. The van der Waals surface area contributed by atoms with E-state index in [1.165, 1.54) is 25.7 Å². The highest BCUT2D eigenvalue weighted by Gasteiger charge is 2.48. The normalized spacial score (nSPS) is 35.6. The van der Waals surface area contributed by atoms with E-state index in [-0.39, 0.29) is 6.61 Å². The zero-order chi connectivity index (χ0) is 12.1. The number of fused-ring (bicyclic) bond motifs is 2. The molecule has 0 amide bonds. The minimum Gasteiger partial charge on any atom is -0.396 e. The fourth-order valence-electron chi connectivity index (χ4n) is 3.20. The molecular formula is C14H26O3. The van der Waals surface area contributed by atoms with E-state index < -0.39 is 0 Å². The second-order valence-corrected chi connectivity index (χ2v) is 5.44. The molecule has 2 bridgehead atoms. The summed E-state index contributed by atoms with van der Waals surface area (Å²) in [5, 5.41) is 9.40. The van der Waals surface area contributed by atoms with E-state index in [4.69, 9.17) is 9.47 Å². The summed E-state index contributed by atoms with van der Waals surface area (Å²) >= 11 is 0. The molecule has 2 fully saturated rings. The first-order chi connectivity index (χ1) is 8.36. The SMILES string of the molecule is CCCCCCOC[C@H]1[C@@H](CO)[C@H]2CC[C@@H]1O2. The Morgan fingerprint density at radius 3 is 2.59 bits per heavy atom. The summed E-state index contributed by atoms with van der Waals surface area (Å²) in [4.78, 5) is 0. The molecule has 1 N–H and O–H groups in total. The molecule has 3 nitrogen and oxygen atoms in total. The summed E-state index contributed by atoms with van der Waals surface area (Å²) in [5.41, 5.74) is 0. The van der Waals surface area contributed by atoms with Crippen LogP contribution in [0.3, 0.4) is 0 Å². The Kier molecular flexibility index (Phi) is 5.26. The molecule has 4 atom stereocenters. The van der Waals surface area contributed by atoms with Gasteiger partial charge >= 0.3 is 0 Å². The minimum absolute atomic E-state index is 0.255. The van der Waals surface area contributed by atoms with E-state index >= 15 is 0 Å². The van der Waals surface area contributed by atoms with Gasteiger partial charge in [-0.05, 0) is 19.3 Å². The van der Waals surface area contributed by atoms with Crippen LogP contribution in [0, 0.1) is 11.8 Å². The Morgan fingerprint density at radius 2 is 1.88 bits per heavy atom. The third-order valence-corrected chi connectivity index (χ3v) is 4.25. The molecule has 2 rings (SSSR count). The van der Waals surface area contributed by atoms with Gasteiger partial charge in [0.2, 0.25) is 0 Å². The monoisotopic (exact) mass is 242 g/mol. The maximum absolute atomic E-state index is 9.40. The Morgan fingerprint density at radius 1 is 1.12 bits per heavy atom. The van der Waals surface area contributed by atoms with Gasteiger partial charge in [-0.3, -0.25) is 0 Å². The first-order valence-electron chi connectivity index (χ1n) is 7.21. The second kappa shape index (κ2) is 6.72. The molecule has 2 saturated heterocycles. The molecule has 0 spiro atoms. The molecule has 2 heterocycles. The summed E-state index contributed by atoms with van der Waals surface area (Å²) in [6, 6.07) is 0. The highest BCUT2D eigenvalue weighted by molar-refractivity contribution is 4.95. The molecule has 0 radical (unpaired) electrons. The maximum Gasteiger partial charge on any atom is 0.0634 e. The van der Waals surface area contributed by atoms with Crippen LogP contribution in [0.1, 0.15) is 45.4 Å². The summed E-state index contributed by atoms with van der Waals surface area (Å²) in [6.45, 7) is 4.12. The van der Waals surface area contributed by atoms with Gasteiger partial charge in [-0.1, -0.05) is 26.2 Å². The molecule has 100 valence electrons. The second-order valence-electron chi connectivity index (χ2n) is 5.44. The summed E-state index contributed by atoms with van der Waals surface area (Å²) in [7, 11) is 0. The number of aliphatic hydroxyl groups is 1. The highest BCUT2D eigenvalue weighted by Crippen LogP contribution is 2.43. The van der Waals surface area contributed by atoms with Crippen LogP contribution in [-0.4, -0.2) is 37.1 Å². The van der Waals surface area contributed by atoms with E-state index in [1.807, 2.05) is 0 Å². The van der Waals surface area contributed by atoms with Gasteiger partial charge in [0.1, 0.15) is 0 Å². The molecule has 3 heteroatoms. The van der Waals surface area contributed by atoms with Crippen molar-refractivity contribution in [3.8, 4) is 0 Å². The number of ether oxygens (including phenoxy) is 2. The fraction of sp³-hybridized carbons (Fsp3) is 1.00. The van der Waals surface area contributed by atoms with E-state index in [0.29, 0.717) is 24.0 Å². The molecule has 0 aromatic carbocycles. The zero-order valence-corrected chi connectivity index (χ0v) is 10.9. The largest absolute Gasteiger partial charge is 0.396 e. The van der Waals surface area contributed by atoms with Crippen molar-refractivity contribution < 1.29 is 14.6 Å². The van der Waals surface area contributed by atoms with Gasteiger partial charge in [0.25, 0.3) is 0 Å². The highest BCUT2D eigenvalue weighted by atomic mass is 16.5. The van der Waals surface area contributed by atoms with E-state index in [0.717, 1.165) is 26.1 Å². The van der Waals surface area contributed by atoms with E-state index in [9.17, 15) is 5.11 Å². The lowest BCUT2D eigenvalue weighted by molar-refractivity contribution is 0.0434. The van der Waals surface area contributed by atoms with Crippen molar-refractivity contribution >= 4 is 0 Å². The van der Waals surface area contributed by atoms with Gasteiger partial charge in [0.15, 0.2) is 0 Å². The van der Waals surface area contributed by atoms with Gasteiger partial charge in [0.05, 0.1) is 18.8 Å². The van der Waals surface area contributed by atoms with E-state index in [2.05, 4.69) is 6.92 Å². The Labute approximate surface area is 104 Å². The molecule has 0 unspecified atom stereocenters. The van der Waals surface area contributed by atoms with Crippen molar-refractivity contribution in [1.29, 1.82) is 0 Å². The average Bonchev–Trinajstić information content (AvgIpc) is 2.93. The van der Waals surface area contributed by atoms with Crippen LogP contribution in [0.2, 0.25) is 0 Å². The van der Waals surface area contributed by atoms with Gasteiger partial charge < -0.3 is 14.6 Å². The van der Waals surface area contributed by atoms with Crippen molar-refractivity contribution in [2.45, 2.75) is 57.7 Å². The number of unbranched alkanes of at least 4 members (excludes halogenated alkanes) is 3. The van der Waals surface area contributed by atoms with Crippen LogP contribution in [0.5, 0.6) is 0 Å². The van der Waals surface area contributed by atoms with Crippen molar-refractivity contribution in [3.63, 3.8) is 0 Å². The Balaban J connectivity index is 1.62. The Hall–Kier alpha value is -0.120. The smallest absolute Gasteiger partial charge is 0.0634 e. The van der Waals surface area contributed by atoms with Crippen LogP contribution in [0.15, 0.2) is 0 Å². The number of rotatable bonds is 8. The van der Waals surface area contributed by atoms with E-state index in [1.54, 1.807) is 0 Å². The summed E-state index contributed by atoms with van der Waals surface area (Å²) in [5.74, 6) is 0.759. The lowest BCUT2D eigenvalue weighted by Crippen LogP contribution is -2.33. The third-order valence-electron chi connectivity index (χ3n) is 4.25. The number of hydrogen-bond donors (Lipinski definition) is 1. The molecular weight excluding hydrogens is 216 g/mol. The first-order valence-corrected chi connectivity index (χ1v) is 7.21. The molecule has 2 aliphatic rings. The first kappa shape index (κ1) is 13.3. The van der Waals surface area contributed by atoms with Crippen LogP contribution in [0.4, 0.5) is 0 Å². The minimum atomic E-state index is 0.255. The number of aliphatic hydroxyl groups excluding tert-OH is 1. The fourth-order valence-corrected chi connectivity index (χ4v) is 3.20. The molecule has 0 aliphatic carbocycles. The third kappa shape index (κ3) is 3.21. The molecule has 0 saturated carbocycles. The van der Waals surface area contributed by atoms with Crippen molar-refractivity contribution in [2.24, 2.45) is 11.8 Å². The topological polar surface area (TPSA) is 38.7 Å². The quantitative estimate of drug-likeness (QED) is 0.664. The number of hydrogen-bond acceptors (Lipinski definition) is 3. The predicted octanol–water partition coefficient (Wildman–Crippen LogP) is 2.37. The van der Waals surface area contributed by atoms with Gasteiger partial charge in [-0.15, -0.1) is 0 Å². The average molecular weight is 242 g/mol. The standard InChI is InChI=1S/C14H26O3/c1-2-3-4-5-8-16-10-12-11(9-15)13-6-7-14(12)17-13/h11-15H,2-10H2,1H3/t11-,12+,13-,14+/m1/s1.